The molecule has 0 bridgehead atoms. The third-order valence-corrected chi connectivity index (χ3v) is 7.30. The van der Waals surface area contributed by atoms with Gasteiger partial charge in [-0.05, 0) is 11.8 Å². The van der Waals surface area contributed by atoms with Crippen molar-refractivity contribution in [1.29, 1.82) is 0 Å². The molecule has 0 aromatic rings. The largest absolute Gasteiger partial charge is 0.501 e. The van der Waals surface area contributed by atoms with Gasteiger partial charge < -0.3 is 9.07 Å². The van der Waals surface area contributed by atoms with E-state index in [9.17, 15) is 0 Å². The fraction of sp³-hybridized carbons (Fsp3) is 1.00. The Morgan fingerprint density at radius 3 is 1.57 bits per heavy atom. The fourth-order valence-electron chi connectivity index (χ4n) is 3.50. The van der Waals surface area contributed by atoms with Crippen LogP contribution in [0.5, 0.6) is 0 Å². The van der Waals surface area contributed by atoms with E-state index in [2.05, 4.69) is 27.7 Å². The minimum absolute atomic E-state index is 0.242. The highest BCUT2D eigenvalue weighted by molar-refractivity contribution is 6.93. The van der Waals surface area contributed by atoms with Gasteiger partial charge >= 0.3 is 19.3 Å². The Morgan fingerprint density at radius 2 is 1.04 bits per heavy atom. The average molecular weight is 355 g/mol. The summed E-state index contributed by atoms with van der Waals surface area (Å²) < 4.78 is 1.33. The molecule has 0 saturated carbocycles. The van der Waals surface area contributed by atoms with Crippen molar-refractivity contribution < 1.29 is 0 Å². The van der Waals surface area contributed by atoms with Crippen LogP contribution in [0.15, 0.2) is 0 Å². The third-order valence-electron chi connectivity index (χ3n) is 5.44. The predicted molar refractivity (Wildman–Crippen MR) is 110 cm³/mol. The SMILES string of the molecule is CCCCC(C)CCCCCCCC(C)CCCC(C)[CH2][Mg][Cl]. The van der Waals surface area contributed by atoms with Crippen molar-refractivity contribution in [3.8, 4) is 0 Å². The summed E-state index contributed by atoms with van der Waals surface area (Å²) in [6.07, 6.45) is 18.7. The van der Waals surface area contributed by atoms with E-state index in [4.69, 9.17) is 9.07 Å². The second-order valence-electron chi connectivity index (χ2n) is 8.21. The average Bonchev–Trinajstić information content (AvgIpc) is 2.52. The Kier molecular flexibility index (Phi) is 18.7. The summed E-state index contributed by atoms with van der Waals surface area (Å²) in [5, 5.41) is 0. The maximum Gasteiger partial charge on any atom is 0.501 e. The molecule has 0 aromatic carbocycles. The monoisotopic (exact) mass is 354 g/mol. The van der Waals surface area contributed by atoms with Crippen molar-refractivity contribution in [2.45, 2.75) is 116 Å². The molecule has 0 heterocycles. The zero-order valence-corrected chi connectivity index (χ0v) is 18.9. The first-order chi connectivity index (χ1) is 11.1. The maximum absolute atomic E-state index is 5.94. The molecule has 0 aliphatic heterocycles. The van der Waals surface area contributed by atoms with Gasteiger partial charge in [-0.1, -0.05) is 117 Å². The smallest absolute Gasteiger partial charge is 0.346 e. The molecule has 0 amide bonds. The highest BCUT2D eigenvalue weighted by atomic mass is 35.5. The van der Waals surface area contributed by atoms with Crippen LogP contribution >= 0.6 is 9.07 Å². The molecule has 0 nitrogen and oxygen atoms in total. The van der Waals surface area contributed by atoms with Crippen LogP contribution in [0.4, 0.5) is 0 Å². The molecule has 2 heteroatoms. The van der Waals surface area contributed by atoms with E-state index in [-0.39, 0.29) is 19.3 Å². The molecule has 0 saturated heterocycles. The first-order valence-electron chi connectivity index (χ1n) is 10.7. The van der Waals surface area contributed by atoms with Crippen molar-refractivity contribution in [3.63, 3.8) is 0 Å². The molecule has 3 unspecified atom stereocenters. The zero-order chi connectivity index (χ0) is 17.3. The number of rotatable bonds is 17. The van der Waals surface area contributed by atoms with Gasteiger partial charge in [-0.2, -0.15) is 0 Å². The molecule has 3 atom stereocenters. The molecule has 0 aliphatic rings. The molecular formula is C21H43ClMg. The van der Waals surface area contributed by atoms with Crippen molar-refractivity contribution in [3.05, 3.63) is 0 Å². The predicted octanol–water partition coefficient (Wildman–Crippen LogP) is 8.26. The molecule has 23 heavy (non-hydrogen) atoms. The summed E-state index contributed by atoms with van der Waals surface area (Å²) in [6.45, 7) is 9.57. The summed E-state index contributed by atoms with van der Waals surface area (Å²) in [5.41, 5.74) is 0. The minimum Gasteiger partial charge on any atom is -0.346 e. The van der Waals surface area contributed by atoms with Gasteiger partial charge in [0.1, 0.15) is 0 Å². The topological polar surface area (TPSA) is 0 Å². The van der Waals surface area contributed by atoms with E-state index >= 15 is 0 Å². The van der Waals surface area contributed by atoms with Crippen molar-refractivity contribution >= 4 is 28.3 Å². The summed E-state index contributed by atoms with van der Waals surface area (Å²) in [4.78, 5) is 0. The first kappa shape index (κ1) is 24.1. The van der Waals surface area contributed by atoms with Gasteiger partial charge in [0.2, 0.25) is 0 Å². The van der Waals surface area contributed by atoms with E-state index in [1.165, 1.54) is 88.0 Å². The van der Waals surface area contributed by atoms with Crippen LogP contribution in [0.1, 0.15) is 111 Å². The number of hydrogen-bond donors (Lipinski definition) is 0. The van der Waals surface area contributed by atoms with Gasteiger partial charge in [-0.25, -0.2) is 0 Å². The standard InChI is InChI=1S/C21H43.ClH.Mg/c1-6-7-15-20(4)16-11-9-8-10-12-17-21(5)18-13-14-19(2)3;;/h19-21H,2,6-18H2,1,3-5H3;1H;/q;;+1/p-1. The van der Waals surface area contributed by atoms with Crippen LogP contribution in [-0.4, -0.2) is 19.3 Å². The normalized spacial score (nSPS) is 15.2. The molecular weight excluding hydrogens is 312 g/mol. The third kappa shape index (κ3) is 17.7. The number of halogens is 1. The van der Waals surface area contributed by atoms with Gasteiger partial charge in [0, 0.05) is 0 Å². The molecule has 136 valence electrons. The Labute approximate surface area is 161 Å². The van der Waals surface area contributed by atoms with Crippen LogP contribution in [0.25, 0.3) is 0 Å². The first-order valence-corrected chi connectivity index (χ1v) is 13.8. The summed E-state index contributed by atoms with van der Waals surface area (Å²) >= 11 is -0.242. The lowest BCUT2D eigenvalue weighted by Crippen LogP contribution is -2.00. The van der Waals surface area contributed by atoms with Crippen molar-refractivity contribution in [2.24, 2.45) is 17.8 Å². The van der Waals surface area contributed by atoms with E-state index in [0.29, 0.717) is 0 Å². The quantitative estimate of drug-likeness (QED) is 0.182. The lowest BCUT2D eigenvalue weighted by molar-refractivity contribution is 0.411. The van der Waals surface area contributed by atoms with Crippen LogP contribution in [0.3, 0.4) is 0 Å². The Morgan fingerprint density at radius 1 is 0.609 bits per heavy atom. The van der Waals surface area contributed by atoms with E-state index < -0.39 is 0 Å². The van der Waals surface area contributed by atoms with E-state index in [1.807, 2.05) is 0 Å². The zero-order valence-electron chi connectivity index (χ0n) is 16.7. The molecule has 0 N–H and O–H groups in total. The molecule has 0 spiro atoms. The Balaban J connectivity index is 3.30. The highest BCUT2D eigenvalue weighted by Gasteiger charge is 2.06. The highest BCUT2D eigenvalue weighted by Crippen LogP contribution is 2.21. The molecule has 0 aliphatic carbocycles. The molecule has 0 radical (unpaired) electrons. The lowest BCUT2D eigenvalue weighted by Gasteiger charge is -2.14. The lowest BCUT2D eigenvalue weighted by atomic mass is 9.94. The van der Waals surface area contributed by atoms with Gasteiger partial charge in [0.15, 0.2) is 0 Å². The molecule has 0 fully saturated rings. The van der Waals surface area contributed by atoms with Crippen LogP contribution < -0.4 is 0 Å². The molecule has 0 aromatic heterocycles. The van der Waals surface area contributed by atoms with Gasteiger partial charge in [-0.3, -0.25) is 0 Å². The van der Waals surface area contributed by atoms with E-state index in [1.54, 1.807) is 0 Å². The minimum atomic E-state index is -0.242. The van der Waals surface area contributed by atoms with Crippen molar-refractivity contribution in [2.75, 3.05) is 0 Å². The maximum atomic E-state index is 5.94. The fourth-order valence-corrected chi connectivity index (χ4v) is 5.28. The van der Waals surface area contributed by atoms with Crippen molar-refractivity contribution in [1.82, 2.24) is 0 Å². The second-order valence-corrected chi connectivity index (χ2v) is 10.3. The van der Waals surface area contributed by atoms with Crippen LogP contribution in [0.2, 0.25) is 4.55 Å². The van der Waals surface area contributed by atoms with Gasteiger partial charge in [0.05, 0.1) is 0 Å². The number of unbranched alkanes of at least 4 members (excludes halogenated alkanes) is 5. The van der Waals surface area contributed by atoms with Gasteiger partial charge in [-0.15, -0.1) is 4.55 Å². The number of hydrogen-bond acceptors (Lipinski definition) is 0. The van der Waals surface area contributed by atoms with Gasteiger partial charge in [0.25, 0.3) is 0 Å². The summed E-state index contributed by atoms with van der Waals surface area (Å²) in [5.74, 6) is 2.77. The Bertz CT molecular complexity index is 232. The molecule has 0 rings (SSSR count). The second kappa shape index (κ2) is 17.9. The summed E-state index contributed by atoms with van der Waals surface area (Å²) in [6, 6.07) is 0. The van der Waals surface area contributed by atoms with Crippen LogP contribution in [0, 0.1) is 17.8 Å². The van der Waals surface area contributed by atoms with E-state index in [0.717, 1.165) is 17.8 Å². The van der Waals surface area contributed by atoms with Crippen LogP contribution in [-0.2, 0) is 0 Å². The summed E-state index contributed by atoms with van der Waals surface area (Å²) in [7, 11) is 5.94. The Hall–Kier alpha value is 1.06.